The summed E-state index contributed by atoms with van der Waals surface area (Å²) in [5.74, 6) is 0.158. The highest BCUT2D eigenvalue weighted by atomic mass is 35.5. The van der Waals surface area contributed by atoms with Gasteiger partial charge in [0, 0.05) is 13.1 Å². The summed E-state index contributed by atoms with van der Waals surface area (Å²) >= 11 is 5.96. The minimum Gasteiger partial charge on any atom is -0.381 e. The molecule has 114 valence electrons. The molecule has 0 amide bonds. The van der Waals surface area contributed by atoms with Crippen LogP contribution in [0.1, 0.15) is 13.8 Å². The Morgan fingerprint density at radius 1 is 1.45 bits per heavy atom. The van der Waals surface area contributed by atoms with Gasteiger partial charge in [0.25, 0.3) is 5.56 Å². The van der Waals surface area contributed by atoms with Crippen molar-refractivity contribution in [2.45, 2.75) is 20.4 Å². The van der Waals surface area contributed by atoms with Crippen LogP contribution >= 0.6 is 11.6 Å². The van der Waals surface area contributed by atoms with E-state index in [1.165, 1.54) is 17.9 Å². The van der Waals surface area contributed by atoms with Crippen LogP contribution in [0.4, 0.5) is 5.69 Å². The van der Waals surface area contributed by atoms with Gasteiger partial charge < -0.3 is 5.32 Å². The van der Waals surface area contributed by atoms with Crippen molar-refractivity contribution in [2.75, 3.05) is 24.7 Å². The van der Waals surface area contributed by atoms with Gasteiger partial charge in [-0.2, -0.15) is 5.10 Å². The number of hydrogen-bond acceptors (Lipinski definition) is 5. The molecule has 1 heterocycles. The van der Waals surface area contributed by atoms with Crippen molar-refractivity contribution < 1.29 is 8.42 Å². The number of nitrogens with zero attached hydrogens (tertiary/aromatic N) is 2. The lowest BCUT2D eigenvalue weighted by atomic mass is 10.2. The van der Waals surface area contributed by atoms with Crippen molar-refractivity contribution in [3.8, 4) is 0 Å². The van der Waals surface area contributed by atoms with Gasteiger partial charge in [0.05, 0.1) is 17.6 Å². The van der Waals surface area contributed by atoms with E-state index in [-0.39, 0.29) is 28.8 Å². The topological polar surface area (TPSA) is 93.1 Å². The summed E-state index contributed by atoms with van der Waals surface area (Å²) in [6, 6.07) is 0. The fourth-order valence-corrected chi connectivity index (χ4v) is 2.27. The number of halogens is 1. The third kappa shape index (κ3) is 4.77. The number of rotatable bonds is 7. The molecule has 9 heteroatoms. The predicted molar refractivity (Wildman–Crippen MR) is 79.7 cm³/mol. The first-order valence-corrected chi connectivity index (χ1v) is 8.20. The second kappa shape index (κ2) is 7.05. The first kappa shape index (κ1) is 16.9. The van der Waals surface area contributed by atoms with Crippen LogP contribution in [-0.4, -0.2) is 37.5 Å². The van der Waals surface area contributed by atoms with Crippen molar-refractivity contribution >= 4 is 27.3 Å². The van der Waals surface area contributed by atoms with Crippen LogP contribution in [0, 0.1) is 5.92 Å². The molecule has 20 heavy (non-hydrogen) atoms. The highest BCUT2D eigenvalue weighted by molar-refractivity contribution is 7.89. The van der Waals surface area contributed by atoms with Crippen LogP contribution in [0.2, 0.25) is 5.02 Å². The lowest BCUT2D eigenvalue weighted by molar-refractivity contribution is 0.464. The van der Waals surface area contributed by atoms with Crippen LogP contribution < -0.4 is 15.6 Å². The molecule has 0 fully saturated rings. The van der Waals surface area contributed by atoms with Crippen LogP contribution in [0.25, 0.3) is 0 Å². The maximum absolute atomic E-state index is 11.9. The molecular formula is C11H19ClN4O3S. The lowest BCUT2D eigenvalue weighted by Crippen LogP contribution is -2.28. The summed E-state index contributed by atoms with van der Waals surface area (Å²) in [5.41, 5.74) is -0.0511. The maximum Gasteiger partial charge on any atom is 0.287 e. The Hall–Kier alpha value is -1.12. The third-order valence-corrected chi connectivity index (χ3v) is 4.25. The summed E-state index contributed by atoms with van der Waals surface area (Å²) in [4.78, 5) is 11.9. The molecule has 1 aromatic rings. The van der Waals surface area contributed by atoms with Crippen LogP contribution in [0.5, 0.6) is 0 Å². The zero-order valence-electron chi connectivity index (χ0n) is 11.7. The zero-order valence-corrected chi connectivity index (χ0v) is 13.3. The van der Waals surface area contributed by atoms with E-state index in [2.05, 4.69) is 15.1 Å². The molecule has 2 N–H and O–H groups in total. The van der Waals surface area contributed by atoms with Gasteiger partial charge in [0.15, 0.2) is 0 Å². The standard InChI is InChI=1S/C11H19ClN4O3S/c1-8(2)7-16-11(17)10(12)9(6-15-16)14-4-5-20(18,19)13-3/h6,8,13-14H,4-5,7H2,1-3H3. The number of hydrogen-bond donors (Lipinski definition) is 2. The first-order valence-electron chi connectivity index (χ1n) is 6.17. The molecule has 0 aromatic carbocycles. The van der Waals surface area contributed by atoms with Crippen molar-refractivity contribution in [1.29, 1.82) is 0 Å². The van der Waals surface area contributed by atoms with E-state index in [0.29, 0.717) is 12.2 Å². The van der Waals surface area contributed by atoms with E-state index in [0.717, 1.165) is 0 Å². The molecule has 0 spiro atoms. The molecule has 0 aliphatic rings. The van der Waals surface area contributed by atoms with E-state index in [1.807, 2.05) is 13.8 Å². The second-order valence-electron chi connectivity index (χ2n) is 4.70. The Kier molecular flexibility index (Phi) is 5.97. The molecule has 1 rings (SSSR count). The summed E-state index contributed by atoms with van der Waals surface area (Å²) in [6.07, 6.45) is 1.43. The van der Waals surface area contributed by atoms with Gasteiger partial charge >= 0.3 is 0 Å². The Morgan fingerprint density at radius 3 is 2.65 bits per heavy atom. The van der Waals surface area contributed by atoms with E-state index >= 15 is 0 Å². The van der Waals surface area contributed by atoms with Crippen molar-refractivity contribution in [1.82, 2.24) is 14.5 Å². The monoisotopic (exact) mass is 322 g/mol. The minimum absolute atomic E-state index is 0.0162. The Balaban J connectivity index is 2.79. The molecule has 0 saturated carbocycles. The molecule has 1 aromatic heterocycles. The predicted octanol–water partition coefficient (Wildman–Crippen LogP) is 0.514. The molecule has 0 radical (unpaired) electrons. The van der Waals surface area contributed by atoms with E-state index in [4.69, 9.17) is 11.6 Å². The molecule has 0 atom stereocenters. The fourth-order valence-electron chi connectivity index (χ4n) is 1.49. The van der Waals surface area contributed by atoms with Gasteiger partial charge in [0.2, 0.25) is 10.0 Å². The summed E-state index contributed by atoms with van der Waals surface area (Å²) in [5, 5.41) is 6.82. The summed E-state index contributed by atoms with van der Waals surface area (Å²) < 4.78 is 26.0. The fraction of sp³-hybridized carbons (Fsp3) is 0.636. The largest absolute Gasteiger partial charge is 0.381 e. The highest BCUT2D eigenvalue weighted by Gasteiger charge is 2.11. The molecule has 0 aliphatic heterocycles. The van der Waals surface area contributed by atoms with Crippen LogP contribution in [0.3, 0.4) is 0 Å². The van der Waals surface area contributed by atoms with Crippen molar-refractivity contribution in [3.63, 3.8) is 0 Å². The number of nitrogens with one attached hydrogen (secondary N) is 2. The average Bonchev–Trinajstić information content (AvgIpc) is 2.37. The molecular weight excluding hydrogens is 304 g/mol. The Labute approximate surface area is 123 Å². The quantitative estimate of drug-likeness (QED) is 0.763. The Bertz CT molecular complexity index is 613. The first-order chi connectivity index (χ1) is 9.26. The average molecular weight is 323 g/mol. The number of anilines is 1. The zero-order chi connectivity index (χ0) is 15.3. The Morgan fingerprint density at radius 2 is 2.10 bits per heavy atom. The molecule has 7 nitrogen and oxygen atoms in total. The van der Waals surface area contributed by atoms with E-state index in [9.17, 15) is 13.2 Å². The number of aromatic nitrogens is 2. The van der Waals surface area contributed by atoms with Crippen LogP contribution in [0.15, 0.2) is 11.0 Å². The van der Waals surface area contributed by atoms with Gasteiger partial charge in [0.1, 0.15) is 5.02 Å². The van der Waals surface area contributed by atoms with Gasteiger partial charge in [-0.15, -0.1) is 0 Å². The SMILES string of the molecule is CNS(=O)(=O)CCNc1cnn(CC(C)C)c(=O)c1Cl. The molecule has 0 saturated heterocycles. The smallest absolute Gasteiger partial charge is 0.287 e. The summed E-state index contributed by atoms with van der Waals surface area (Å²) in [6.45, 7) is 4.55. The maximum atomic E-state index is 11.9. The number of sulfonamides is 1. The van der Waals surface area contributed by atoms with Crippen molar-refractivity contribution in [3.05, 3.63) is 21.6 Å². The normalized spacial score (nSPS) is 11.8. The van der Waals surface area contributed by atoms with Crippen molar-refractivity contribution in [2.24, 2.45) is 5.92 Å². The van der Waals surface area contributed by atoms with E-state index < -0.39 is 10.0 Å². The molecule has 0 aliphatic carbocycles. The molecule has 0 unspecified atom stereocenters. The van der Waals surface area contributed by atoms with Gasteiger partial charge in [-0.25, -0.2) is 17.8 Å². The van der Waals surface area contributed by atoms with Crippen LogP contribution in [-0.2, 0) is 16.6 Å². The van der Waals surface area contributed by atoms with Gasteiger partial charge in [-0.05, 0) is 13.0 Å². The van der Waals surface area contributed by atoms with E-state index in [1.54, 1.807) is 0 Å². The van der Waals surface area contributed by atoms with Gasteiger partial charge in [-0.3, -0.25) is 4.79 Å². The highest BCUT2D eigenvalue weighted by Crippen LogP contribution is 2.15. The molecule has 0 bridgehead atoms. The lowest BCUT2D eigenvalue weighted by Gasteiger charge is -2.11. The summed E-state index contributed by atoms with van der Waals surface area (Å²) in [7, 11) is -1.95. The van der Waals surface area contributed by atoms with Gasteiger partial charge in [-0.1, -0.05) is 25.4 Å². The second-order valence-corrected chi connectivity index (χ2v) is 7.13. The minimum atomic E-state index is -3.30. The third-order valence-electron chi connectivity index (χ3n) is 2.52.